The van der Waals surface area contributed by atoms with Gasteiger partial charge in [0.15, 0.2) is 0 Å². The summed E-state index contributed by atoms with van der Waals surface area (Å²) in [6.07, 6.45) is 1.53. The average Bonchev–Trinajstić information content (AvgIpc) is 3.25. The van der Waals surface area contributed by atoms with E-state index in [0.29, 0.717) is 36.1 Å². The molecule has 1 aliphatic rings. The third-order valence-electron chi connectivity index (χ3n) is 4.85. The highest BCUT2D eigenvalue weighted by atomic mass is 16.5. The summed E-state index contributed by atoms with van der Waals surface area (Å²) in [6.45, 7) is 1.22. The van der Waals surface area contributed by atoms with Crippen molar-refractivity contribution in [2.75, 3.05) is 18.4 Å². The lowest BCUT2D eigenvalue weighted by Gasteiger charge is -2.30. The van der Waals surface area contributed by atoms with Crippen molar-refractivity contribution < 1.29 is 9.32 Å². The summed E-state index contributed by atoms with van der Waals surface area (Å²) in [6, 6.07) is 18.5. The molecule has 3 aromatic rings. The summed E-state index contributed by atoms with van der Waals surface area (Å²) in [7, 11) is 0. The van der Waals surface area contributed by atoms with E-state index in [0.717, 1.165) is 18.4 Å². The Bertz CT molecular complexity index is 1000. The number of likely N-dealkylation sites (tertiary alicyclic amines) is 1. The van der Waals surface area contributed by atoms with Crippen molar-refractivity contribution in [2.45, 2.75) is 18.8 Å². The molecule has 140 valence electrons. The zero-order valence-electron chi connectivity index (χ0n) is 15.2. The molecule has 2 amide bonds. The number of hydrogen-bond donors (Lipinski definition) is 1. The van der Waals surface area contributed by atoms with Crippen LogP contribution in [0, 0.1) is 11.3 Å². The minimum absolute atomic E-state index is 0.149. The second-order valence-corrected chi connectivity index (χ2v) is 6.71. The van der Waals surface area contributed by atoms with Gasteiger partial charge in [-0.25, -0.2) is 4.79 Å². The molecule has 0 bridgehead atoms. The number of aromatic nitrogens is 2. The van der Waals surface area contributed by atoms with Crippen LogP contribution in [0.1, 0.15) is 30.2 Å². The van der Waals surface area contributed by atoms with E-state index in [1.807, 2.05) is 30.3 Å². The van der Waals surface area contributed by atoms with Crippen molar-refractivity contribution in [3.63, 3.8) is 0 Å². The van der Waals surface area contributed by atoms with E-state index in [-0.39, 0.29) is 11.9 Å². The predicted octanol–water partition coefficient (Wildman–Crippen LogP) is 4.02. The first-order valence-corrected chi connectivity index (χ1v) is 9.18. The number of amides is 2. The third kappa shape index (κ3) is 3.86. The van der Waals surface area contributed by atoms with E-state index in [9.17, 15) is 4.79 Å². The van der Waals surface area contributed by atoms with Crippen LogP contribution < -0.4 is 5.32 Å². The van der Waals surface area contributed by atoms with Gasteiger partial charge in [-0.15, -0.1) is 0 Å². The highest BCUT2D eigenvalue weighted by molar-refractivity contribution is 5.89. The van der Waals surface area contributed by atoms with Gasteiger partial charge >= 0.3 is 6.03 Å². The van der Waals surface area contributed by atoms with Crippen LogP contribution in [-0.2, 0) is 0 Å². The third-order valence-corrected chi connectivity index (χ3v) is 4.85. The molecule has 0 spiro atoms. The maximum Gasteiger partial charge on any atom is 0.321 e. The number of rotatable bonds is 3. The van der Waals surface area contributed by atoms with Crippen molar-refractivity contribution in [1.82, 2.24) is 15.0 Å². The molecule has 1 saturated heterocycles. The van der Waals surface area contributed by atoms with Crippen LogP contribution in [0.4, 0.5) is 10.5 Å². The van der Waals surface area contributed by atoms with Gasteiger partial charge in [0, 0.05) is 30.3 Å². The van der Waals surface area contributed by atoms with Crippen molar-refractivity contribution in [3.8, 4) is 17.5 Å². The molecule has 1 N–H and O–H groups in total. The zero-order valence-corrected chi connectivity index (χ0v) is 15.2. The van der Waals surface area contributed by atoms with E-state index < -0.39 is 0 Å². The second kappa shape index (κ2) is 7.92. The van der Waals surface area contributed by atoms with Crippen LogP contribution in [0.3, 0.4) is 0 Å². The van der Waals surface area contributed by atoms with Gasteiger partial charge < -0.3 is 14.7 Å². The molecule has 1 aromatic heterocycles. The first kappa shape index (κ1) is 17.7. The zero-order chi connectivity index (χ0) is 19.3. The number of anilines is 1. The monoisotopic (exact) mass is 373 g/mol. The Morgan fingerprint density at radius 3 is 2.68 bits per heavy atom. The summed E-state index contributed by atoms with van der Waals surface area (Å²) >= 11 is 0. The van der Waals surface area contributed by atoms with Crippen molar-refractivity contribution in [3.05, 3.63) is 66.1 Å². The van der Waals surface area contributed by atoms with Gasteiger partial charge in [0.25, 0.3) is 0 Å². The minimum atomic E-state index is -0.163. The average molecular weight is 373 g/mol. The topological polar surface area (TPSA) is 95.1 Å². The fourth-order valence-corrected chi connectivity index (χ4v) is 3.30. The van der Waals surface area contributed by atoms with Gasteiger partial charge in [-0.2, -0.15) is 10.2 Å². The Hall–Kier alpha value is -3.66. The quantitative estimate of drug-likeness (QED) is 0.748. The Morgan fingerprint density at radius 2 is 1.93 bits per heavy atom. The Kier molecular flexibility index (Phi) is 5.02. The molecule has 7 nitrogen and oxygen atoms in total. The van der Waals surface area contributed by atoms with E-state index in [4.69, 9.17) is 9.78 Å². The number of carbonyl (C=O) groups excluding carboxylic acids is 1. The molecule has 0 aliphatic carbocycles. The van der Waals surface area contributed by atoms with E-state index in [2.05, 4.69) is 21.5 Å². The predicted molar refractivity (Wildman–Crippen MR) is 103 cm³/mol. The van der Waals surface area contributed by atoms with Crippen LogP contribution in [-0.4, -0.2) is 34.2 Å². The molecule has 2 aromatic carbocycles. The Balaban J connectivity index is 1.35. The van der Waals surface area contributed by atoms with E-state index in [1.54, 1.807) is 29.2 Å². The molecule has 0 radical (unpaired) electrons. The normalized spacial score (nSPS) is 14.5. The second-order valence-electron chi connectivity index (χ2n) is 6.71. The number of urea groups is 1. The summed E-state index contributed by atoms with van der Waals surface area (Å²) in [5.74, 6) is 1.37. The summed E-state index contributed by atoms with van der Waals surface area (Å²) in [5.41, 5.74) is 2.06. The maximum absolute atomic E-state index is 12.5. The van der Waals surface area contributed by atoms with Crippen LogP contribution >= 0.6 is 0 Å². The van der Waals surface area contributed by atoms with E-state index >= 15 is 0 Å². The molecule has 28 heavy (non-hydrogen) atoms. The molecule has 1 fully saturated rings. The summed E-state index contributed by atoms with van der Waals surface area (Å²) in [4.78, 5) is 18.8. The number of hydrogen-bond acceptors (Lipinski definition) is 5. The lowest BCUT2D eigenvalue weighted by Crippen LogP contribution is -2.40. The van der Waals surface area contributed by atoms with Crippen LogP contribution in [0.5, 0.6) is 0 Å². The first-order valence-electron chi connectivity index (χ1n) is 9.18. The number of nitriles is 1. The van der Waals surface area contributed by atoms with Gasteiger partial charge in [0.05, 0.1) is 11.6 Å². The van der Waals surface area contributed by atoms with Crippen LogP contribution in [0.2, 0.25) is 0 Å². The number of benzene rings is 2. The van der Waals surface area contributed by atoms with Crippen molar-refractivity contribution >= 4 is 11.7 Å². The smallest absolute Gasteiger partial charge is 0.321 e. The molecule has 0 saturated carbocycles. The maximum atomic E-state index is 12.5. The van der Waals surface area contributed by atoms with Crippen molar-refractivity contribution in [2.24, 2.45) is 0 Å². The standard InChI is InChI=1S/C21H19N5O2/c22-14-15-5-4-8-18(13-15)23-21(27)26-11-9-17(10-12-26)20-24-19(25-28-20)16-6-2-1-3-7-16/h1-8,13,17H,9-12H2,(H,23,27). The van der Waals surface area contributed by atoms with Gasteiger partial charge in [0.2, 0.25) is 11.7 Å². The highest BCUT2D eigenvalue weighted by Gasteiger charge is 2.27. The number of nitrogens with one attached hydrogen (secondary N) is 1. The Labute approximate surface area is 162 Å². The number of piperidine rings is 1. The Morgan fingerprint density at radius 1 is 1.14 bits per heavy atom. The fourth-order valence-electron chi connectivity index (χ4n) is 3.30. The lowest BCUT2D eigenvalue weighted by atomic mass is 9.97. The van der Waals surface area contributed by atoms with Gasteiger partial charge in [-0.1, -0.05) is 41.6 Å². The van der Waals surface area contributed by atoms with Crippen LogP contribution in [0.25, 0.3) is 11.4 Å². The molecule has 4 rings (SSSR count). The summed E-state index contributed by atoms with van der Waals surface area (Å²) in [5, 5.41) is 15.9. The van der Waals surface area contributed by atoms with Gasteiger partial charge in [-0.05, 0) is 31.0 Å². The fraction of sp³-hybridized carbons (Fsp3) is 0.238. The number of carbonyl (C=O) groups is 1. The van der Waals surface area contributed by atoms with Gasteiger partial charge in [-0.3, -0.25) is 0 Å². The minimum Gasteiger partial charge on any atom is -0.339 e. The van der Waals surface area contributed by atoms with Crippen LogP contribution in [0.15, 0.2) is 59.1 Å². The van der Waals surface area contributed by atoms with E-state index in [1.165, 1.54) is 0 Å². The molecule has 7 heteroatoms. The molecular weight excluding hydrogens is 354 g/mol. The van der Waals surface area contributed by atoms with Crippen molar-refractivity contribution in [1.29, 1.82) is 5.26 Å². The molecular formula is C21H19N5O2. The molecule has 0 atom stereocenters. The highest BCUT2D eigenvalue weighted by Crippen LogP contribution is 2.28. The number of nitrogens with zero attached hydrogens (tertiary/aromatic N) is 4. The molecule has 1 aliphatic heterocycles. The lowest BCUT2D eigenvalue weighted by molar-refractivity contribution is 0.187. The summed E-state index contributed by atoms with van der Waals surface area (Å²) < 4.78 is 5.46. The van der Waals surface area contributed by atoms with Gasteiger partial charge in [0.1, 0.15) is 0 Å². The first-order chi connectivity index (χ1) is 13.7. The molecule has 2 heterocycles. The largest absolute Gasteiger partial charge is 0.339 e. The molecule has 0 unspecified atom stereocenters. The SMILES string of the molecule is N#Cc1cccc(NC(=O)N2CCC(c3nc(-c4ccccc4)no3)CC2)c1.